The van der Waals surface area contributed by atoms with Crippen molar-refractivity contribution in [1.29, 1.82) is 5.26 Å². The monoisotopic (exact) mass is 445 g/mol. The van der Waals surface area contributed by atoms with Gasteiger partial charge in [0.25, 0.3) is 5.91 Å². The molecule has 0 radical (unpaired) electrons. The first kappa shape index (κ1) is 21.1. The van der Waals surface area contributed by atoms with Crippen LogP contribution in [0.5, 0.6) is 11.5 Å². The normalized spacial score (nSPS) is 19.6. The maximum Gasteiger partial charge on any atom is 0.253 e. The highest BCUT2D eigenvalue weighted by atomic mass is 16.6. The van der Waals surface area contributed by atoms with Crippen LogP contribution in [0.3, 0.4) is 0 Å². The van der Waals surface area contributed by atoms with E-state index in [4.69, 9.17) is 19.5 Å². The Labute approximate surface area is 190 Å². The molecule has 1 amide bonds. The van der Waals surface area contributed by atoms with Crippen LogP contribution in [0.25, 0.3) is 10.9 Å². The van der Waals surface area contributed by atoms with Crippen LogP contribution >= 0.6 is 0 Å². The summed E-state index contributed by atoms with van der Waals surface area (Å²) in [5, 5.41) is 16.3. The molecule has 3 aromatic rings. The largest absolute Gasteiger partial charge is 0.486 e. The lowest BCUT2D eigenvalue weighted by Crippen LogP contribution is -2.43. The van der Waals surface area contributed by atoms with Crippen LogP contribution in [-0.4, -0.2) is 47.8 Å². The predicted octanol–water partition coefficient (Wildman–Crippen LogP) is 2.55. The number of nitrogens with one attached hydrogen (secondary N) is 2. The fraction of sp³-hybridized carbons (Fsp3) is 0.333. The van der Waals surface area contributed by atoms with Gasteiger partial charge in [-0.25, -0.2) is 4.98 Å². The number of hydrogen-bond acceptors (Lipinski definition) is 8. The quantitative estimate of drug-likeness (QED) is 0.615. The summed E-state index contributed by atoms with van der Waals surface area (Å²) in [6.45, 7) is 2.08. The molecule has 2 aromatic heterocycles. The van der Waals surface area contributed by atoms with Gasteiger partial charge in [-0.05, 0) is 31.0 Å². The average molecular weight is 445 g/mol. The van der Waals surface area contributed by atoms with Crippen molar-refractivity contribution >= 4 is 22.5 Å². The molecule has 0 spiro atoms. The molecular formula is C24H23N5O4. The van der Waals surface area contributed by atoms with E-state index in [1.54, 1.807) is 18.3 Å². The fourth-order valence-corrected chi connectivity index (χ4v) is 3.98. The lowest BCUT2D eigenvalue weighted by molar-refractivity contribution is -0.131. The molecule has 9 nitrogen and oxygen atoms in total. The topological polar surface area (TPSA) is 118 Å². The minimum absolute atomic E-state index is 0.126. The number of anilines is 1. The predicted molar refractivity (Wildman–Crippen MR) is 120 cm³/mol. The summed E-state index contributed by atoms with van der Waals surface area (Å²) >= 11 is 0. The number of benzene rings is 1. The Morgan fingerprint density at radius 1 is 1.15 bits per heavy atom. The third-order valence-electron chi connectivity index (χ3n) is 5.72. The summed E-state index contributed by atoms with van der Waals surface area (Å²) in [6.07, 6.45) is 2.55. The van der Waals surface area contributed by atoms with Crippen LogP contribution in [0.4, 0.5) is 5.69 Å². The minimum Gasteiger partial charge on any atom is -0.486 e. The summed E-state index contributed by atoms with van der Waals surface area (Å²) in [7, 11) is 0. The fourth-order valence-electron chi connectivity index (χ4n) is 3.98. The molecule has 1 aromatic carbocycles. The van der Waals surface area contributed by atoms with Gasteiger partial charge in [-0.15, -0.1) is 0 Å². The zero-order chi connectivity index (χ0) is 22.6. The van der Waals surface area contributed by atoms with Gasteiger partial charge in [-0.2, -0.15) is 5.26 Å². The van der Waals surface area contributed by atoms with Crippen molar-refractivity contribution in [3.8, 4) is 17.6 Å². The number of pyridine rings is 2. The summed E-state index contributed by atoms with van der Waals surface area (Å²) in [5.41, 5.74) is 2.33. The summed E-state index contributed by atoms with van der Waals surface area (Å²) in [4.78, 5) is 21.5. The lowest BCUT2D eigenvalue weighted by Gasteiger charge is -2.29. The molecule has 4 heterocycles. The Bertz CT molecular complexity index is 1220. The maximum absolute atomic E-state index is 12.8. The second kappa shape index (κ2) is 9.40. The first-order valence-electron chi connectivity index (χ1n) is 10.9. The highest BCUT2D eigenvalue weighted by Crippen LogP contribution is 2.29. The number of rotatable bonds is 5. The number of ether oxygens (including phenoxy) is 3. The number of nitriles is 1. The van der Waals surface area contributed by atoms with E-state index in [2.05, 4.69) is 20.6 Å². The van der Waals surface area contributed by atoms with Crippen LogP contribution in [0.15, 0.2) is 42.6 Å². The molecule has 2 N–H and O–H groups in total. The number of carbonyl (C=O) groups excluding carboxylic acids is 1. The van der Waals surface area contributed by atoms with Gasteiger partial charge in [0.15, 0.2) is 11.5 Å². The van der Waals surface area contributed by atoms with Crippen molar-refractivity contribution in [2.45, 2.75) is 31.5 Å². The minimum atomic E-state index is -0.537. The van der Waals surface area contributed by atoms with Crippen molar-refractivity contribution < 1.29 is 19.0 Å². The first-order valence-corrected chi connectivity index (χ1v) is 10.9. The Balaban J connectivity index is 1.15. The molecule has 2 atom stereocenters. The molecule has 5 rings (SSSR count). The molecule has 0 unspecified atom stereocenters. The third kappa shape index (κ3) is 4.72. The van der Waals surface area contributed by atoms with E-state index >= 15 is 0 Å². The zero-order valence-electron chi connectivity index (χ0n) is 17.9. The number of fused-ring (bicyclic) bond motifs is 2. The van der Waals surface area contributed by atoms with Crippen LogP contribution in [0.1, 0.15) is 24.2 Å². The summed E-state index contributed by atoms with van der Waals surface area (Å²) in [5.74, 6) is 1.18. The average Bonchev–Trinajstić information content (AvgIpc) is 2.87. The van der Waals surface area contributed by atoms with Gasteiger partial charge in [0.1, 0.15) is 31.1 Å². The van der Waals surface area contributed by atoms with Crippen LogP contribution in [0.2, 0.25) is 0 Å². The van der Waals surface area contributed by atoms with Crippen molar-refractivity contribution in [1.82, 2.24) is 15.3 Å². The number of aromatic nitrogens is 2. The molecule has 1 fully saturated rings. The number of carbonyl (C=O) groups is 1. The van der Waals surface area contributed by atoms with Gasteiger partial charge in [-0.3, -0.25) is 9.78 Å². The van der Waals surface area contributed by atoms with E-state index in [0.29, 0.717) is 55.4 Å². The third-order valence-corrected chi connectivity index (χ3v) is 5.72. The smallest absolute Gasteiger partial charge is 0.253 e. The number of amides is 1. The zero-order valence-corrected chi connectivity index (χ0v) is 17.9. The standard InChI is InChI=1S/C24H23N5O4/c25-11-16-5-4-15-2-1-3-19(23(15)28-16)29-24(30)20-7-6-17(14-33-20)26-12-18-10-21-22(13-27-18)32-9-8-31-21/h1-5,10,13,17,20,26H,6-9,12,14H2,(H,29,30)/t17-,20+/m1/s1. The van der Waals surface area contributed by atoms with E-state index in [1.165, 1.54) is 0 Å². The van der Waals surface area contributed by atoms with Gasteiger partial charge in [0.05, 0.1) is 29.7 Å². The van der Waals surface area contributed by atoms with E-state index in [-0.39, 0.29) is 11.9 Å². The molecule has 1 saturated heterocycles. The van der Waals surface area contributed by atoms with Gasteiger partial charge in [0, 0.05) is 24.0 Å². The molecule has 168 valence electrons. The second-order valence-electron chi connectivity index (χ2n) is 7.97. The van der Waals surface area contributed by atoms with Crippen molar-refractivity contribution in [2.24, 2.45) is 0 Å². The van der Waals surface area contributed by atoms with Crippen LogP contribution < -0.4 is 20.1 Å². The van der Waals surface area contributed by atoms with E-state index in [9.17, 15) is 4.79 Å². The molecule has 33 heavy (non-hydrogen) atoms. The molecule has 2 aliphatic heterocycles. The Hall–Kier alpha value is -3.74. The highest BCUT2D eigenvalue weighted by Gasteiger charge is 2.27. The van der Waals surface area contributed by atoms with Gasteiger partial charge >= 0.3 is 0 Å². The van der Waals surface area contributed by atoms with Crippen molar-refractivity contribution in [3.63, 3.8) is 0 Å². The molecule has 0 aliphatic carbocycles. The van der Waals surface area contributed by atoms with Crippen molar-refractivity contribution in [2.75, 3.05) is 25.1 Å². The second-order valence-corrected chi connectivity index (χ2v) is 7.97. The van der Waals surface area contributed by atoms with Gasteiger partial charge in [-0.1, -0.05) is 12.1 Å². The lowest BCUT2D eigenvalue weighted by atomic mass is 10.0. The van der Waals surface area contributed by atoms with Gasteiger partial charge < -0.3 is 24.8 Å². The highest BCUT2D eigenvalue weighted by molar-refractivity contribution is 6.02. The molecule has 0 bridgehead atoms. The van der Waals surface area contributed by atoms with Crippen molar-refractivity contribution in [3.05, 3.63) is 54.0 Å². The van der Waals surface area contributed by atoms with Crippen LogP contribution in [0, 0.1) is 11.3 Å². The first-order chi connectivity index (χ1) is 16.2. The number of para-hydroxylation sites is 1. The molecule has 2 aliphatic rings. The van der Waals surface area contributed by atoms with E-state index in [0.717, 1.165) is 23.3 Å². The van der Waals surface area contributed by atoms with Gasteiger partial charge in [0.2, 0.25) is 0 Å². The van der Waals surface area contributed by atoms with Crippen LogP contribution in [-0.2, 0) is 16.1 Å². The number of nitrogens with zero attached hydrogens (tertiary/aromatic N) is 3. The maximum atomic E-state index is 12.8. The van der Waals surface area contributed by atoms with E-state index < -0.39 is 6.10 Å². The summed E-state index contributed by atoms with van der Waals surface area (Å²) in [6, 6.07) is 13.0. The molecule has 0 saturated carbocycles. The molecular weight excluding hydrogens is 422 g/mol. The Morgan fingerprint density at radius 3 is 2.85 bits per heavy atom. The SMILES string of the molecule is N#Cc1ccc2cccc(NC(=O)[C@@H]3CC[C@@H](NCc4cc5c(cn4)OCCO5)CO3)c2n1. The van der Waals surface area contributed by atoms with E-state index in [1.807, 2.05) is 30.3 Å². The summed E-state index contributed by atoms with van der Waals surface area (Å²) < 4.78 is 17.0. The number of hydrogen-bond donors (Lipinski definition) is 2. The Kier molecular flexibility index (Phi) is 6.02. The Morgan fingerprint density at radius 2 is 2.03 bits per heavy atom. The molecule has 9 heteroatoms.